The number of aromatic nitrogens is 1. The molecule has 3 nitrogen and oxygen atoms in total. The summed E-state index contributed by atoms with van der Waals surface area (Å²) in [6, 6.07) is 5.25. The van der Waals surface area contributed by atoms with Gasteiger partial charge in [0.25, 0.3) is 0 Å². The van der Waals surface area contributed by atoms with E-state index in [4.69, 9.17) is 0 Å². The average molecular weight is 305 g/mol. The molecule has 2 fully saturated rings. The van der Waals surface area contributed by atoms with Crippen molar-refractivity contribution < 1.29 is 0 Å². The fourth-order valence-electron chi connectivity index (χ4n) is 3.37. The number of piperidine rings is 1. The Hall–Kier alpha value is -0.580. The SMILES string of the molecule is CCc1ccc(CN2CCC(N3CCSCC3)CC2)nc1. The third-order valence-corrected chi connectivity index (χ3v) is 5.74. The molecular formula is C17H27N3S. The second kappa shape index (κ2) is 7.61. The fraction of sp³-hybridized carbons (Fsp3) is 0.706. The topological polar surface area (TPSA) is 19.4 Å². The minimum absolute atomic E-state index is 0.831. The van der Waals surface area contributed by atoms with Gasteiger partial charge in [0, 0.05) is 56.5 Å². The Morgan fingerprint density at radius 2 is 1.90 bits per heavy atom. The molecule has 0 radical (unpaired) electrons. The lowest BCUT2D eigenvalue weighted by Crippen LogP contribution is -2.47. The highest BCUT2D eigenvalue weighted by molar-refractivity contribution is 7.99. The highest BCUT2D eigenvalue weighted by atomic mass is 32.2. The standard InChI is InChI=1S/C17H27N3S/c1-2-15-3-4-16(18-13-15)14-19-7-5-17(6-8-19)20-9-11-21-12-10-20/h3-4,13,17H,2,5-12,14H2,1H3. The highest BCUT2D eigenvalue weighted by Crippen LogP contribution is 2.21. The summed E-state index contributed by atoms with van der Waals surface area (Å²) in [5.41, 5.74) is 2.56. The van der Waals surface area contributed by atoms with Crippen LogP contribution in [0.5, 0.6) is 0 Å². The monoisotopic (exact) mass is 305 g/mol. The van der Waals surface area contributed by atoms with Crippen LogP contribution in [0.3, 0.4) is 0 Å². The van der Waals surface area contributed by atoms with E-state index in [0.29, 0.717) is 0 Å². The van der Waals surface area contributed by atoms with Crippen LogP contribution in [-0.4, -0.2) is 58.5 Å². The summed E-state index contributed by atoms with van der Waals surface area (Å²) in [5.74, 6) is 2.65. The van der Waals surface area contributed by atoms with Crippen molar-refractivity contribution in [2.24, 2.45) is 0 Å². The van der Waals surface area contributed by atoms with Crippen LogP contribution < -0.4 is 0 Å². The number of hydrogen-bond donors (Lipinski definition) is 0. The molecule has 4 heteroatoms. The van der Waals surface area contributed by atoms with E-state index in [1.165, 1.54) is 61.8 Å². The van der Waals surface area contributed by atoms with E-state index >= 15 is 0 Å². The van der Waals surface area contributed by atoms with E-state index in [9.17, 15) is 0 Å². The van der Waals surface area contributed by atoms with Gasteiger partial charge in [0.05, 0.1) is 5.69 Å². The van der Waals surface area contributed by atoms with Crippen LogP contribution in [0.4, 0.5) is 0 Å². The molecule has 116 valence electrons. The summed E-state index contributed by atoms with van der Waals surface area (Å²) in [5, 5.41) is 0. The van der Waals surface area contributed by atoms with Gasteiger partial charge in [-0.25, -0.2) is 0 Å². The quantitative estimate of drug-likeness (QED) is 0.851. The Kier molecular flexibility index (Phi) is 5.55. The highest BCUT2D eigenvalue weighted by Gasteiger charge is 2.25. The molecule has 0 atom stereocenters. The summed E-state index contributed by atoms with van der Waals surface area (Å²) in [4.78, 5) is 9.89. The summed E-state index contributed by atoms with van der Waals surface area (Å²) >= 11 is 2.11. The van der Waals surface area contributed by atoms with Crippen LogP contribution in [0.25, 0.3) is 0 Å². The van der Waals surface area contributed by atoms with E-state index in [-0.39, 0.29) is 0 Å². The Morgan fingerprint density at radius 1 is 1.14 bits per heavy atom. The zero-order chi connectivity index (χ0) is 14.5. The van der Waals surface area contributed by atoms with E-state index in [2.05, 4.69) is 45.6 Å². The number of nitrogens with zero attached hydrogens (tertiary/aromatic N) is 3. The maximum absolute atomic E-state index is 4.60. The van der Waals surface area contributed by atoms with Crippen molar-refractivity contribution >= 4 is 11.8 Å². The molecular weight excluding hydrogens is 278 g/mol. The van der Waals surface area contributed by atoms with Gasteiger partial charge in [-0.05, 0) is 30.9 Å². The van der Waals surface area contributed by atoms with Gasteiger partial charge in [-0.2, -0.15) is 11.8 Å². The van der Waals surface area contributed by atoms with Gasteiger partial charge in [-0.1, -0.05) is 13.0 Å². The van der Waals surface area contributed by atoms with Crippen LogP contribution in [0, 0.1) is 0 Å². The van der Waals surface area contributed by atoms with Crippen LogP contribution in [0.2, 0.25) is 0 Å². The second-order valence-electron chi connectivity index (χ2n) is 6.17. The molecule has 0 spiro atoms. The molecule has 0 aliphatic carbocycles. The molecule has 0 N–H and O–H groups in total. The molecule has 3 heterocycles. The molecule has 1 aromatic heterocycles. The predicted molar refractivity (Wildman–Crippen MR) is 90.8 cm³/mol. The third-order valence-electron chi connectivity index (χ3n) is 4.80. The number of rotatable bonds is 4. The maximum atomic E-state index is 4.60. The summed E-state index contributed by atoms with van der Waals surface area (Å²) in [6.45, 7) is 8.26. The first-order chi connectivity index (χ1) is 10.3. The zero-order valence-electron chi connectivity index (χ0n) is 13.1. The fourth-order valence-corrected chi connectivity index (χ4v) is 4.30. The zero-order valence-corrected chi connectivity index (χ0v) is 13.9. The smallest absolute Gasteiger partial charge is 0.0544 e. The van der Waals surface area contributed by atoms with Crippen molar-refractivity contribution in [2.45, 2.75) is 38.8 Å². The van der Waals surface area contributed by atoms with Crippen LogP contribution in [0.1, 0.15) is 31.0 Å². The van der Waals surface area contributed by atoms with Crippen molar-refractivity contribution in [2.75, 3.05) is 37.7 Å². The average Bonchev–Trinajstić information content (AvgIpc) is 2.57. The molecule has 2 aliphatic heterocycles. The molecule has 0 bridgehead atoms. The van der Waals surface area contributed by atoms with Gasteiger partial charge in [-0.15, -0.1) is 0 Å². The Labute approximate surface area is 133 Å². The van der Waals surface area contributed by atoms with E-state index in [0.717, 1.165) is 19.0 Å². The number of hydrogen-bond acceptors (Lipinski definition) is 4. The van der Waals surface area contributed by atoms with Crippen LogP contribution >= 0.6 is 11.8 Å². The Morgan fingerprint density at radius 3 is 2.52 bits per heavy atom. The molecule has 1 aromatic rings. The molecule has 0 unspecified atom stereocenters. The van der Waals surface area contributed by atoms with Crippen molar-refractivity contribution in [1.29, 1.82) is 0 Å². The number of aryl methyl sites for hydroxylation is 1. The lowest BCUT2D eigenvalue weighted by atomic mass is 10.0. The first kappa shape index (κ1) is 15.3. The van der Waals surface area contributed by atoms with Gasteiger partial charge in [0.2, 0.25) is 0 Å². The summed E-state index contributed by atoms with van der Waals surface area (Å²) < 4.78 is 0. The second-order valence-corrected chi connectivity index (χ2v) is 7.39. The molecule has 2 aliphatic rings. The van der Waals surface area contributed by atoms with Gasteiger partial charge >= 0.3 is 0 Å². The minimum atomic E-state index is 0.831. The normalized spacial score (nSPS) is 22.5. The third kappa shape index (κ3) is 4.21. The predicted octanol–water partition coefficient (Wildman–Crippen LogP) is 2.66. The summed E-state index contributed by atoms with van der Waals surface area (Å²) in [7, 11) is 0. The minimum Gasteiger partial charge on any atom is -0.299 e. The molecule has 0 aromatic carbocycles. The first-order valence-corrected chi connectivity index (χ1v) is 9.48. The molecule has 0 saturated carbocycles. The number of thioether (sulfide) groups is 1. The molecule has 21 heavy (non-hydrogen) atoms. The Bertz CT molecular complexity index is 420. The van der Waals surface area contributed by atoms with Crippen LogP contribution in [-0.2, 0) is 13.0 Å². The summed E-state index contributed by atoms with van der Waals surface area (Å²) in [6.07, 6.45) is 5.77. The molecule has 3 rings (SSSR count). The Balaban J connectivity index is 1.46. The lowest BCUT2D eigenvalue weighted by molar-refractivity contribution is 0.112. The molecule has 0 amide bonds. The van der Waals surface area contributed by atoms with Gasteiger partial charge in [0.1, 0.15) is 0 Å². The number of pyridine rings is 1. The van der Waals surface area contributed by atoms with Crippen molar-refractivity contribution in [3.8, 4) is 0 Å². The first-order valence-electron chi connectivity index (χ1n) is 8.33. The lowest BCUT2D eigenvalue weighted by Gasteiger charge is -2.40. The van der Waals surface area contributed by atoms with Gasteiger partial charge in [-0.3, -0.25) is 14.8 Å². The van der Waals surface area contributed by atoms with Crippen molar-refractivity contribution in [3.05, 3.63) is 29.6 Å². The maximum Gasteiger partial charge on any atom is 0.0544 e. The number of likely N-dealkylation sites (tertiary alicyclic amines) is 1. The van der Waals surface area contributed by atoms with Crippen molar-refractivity contribution in [1.82, 2.24) is 14.8 Å². The van der Waals surface area contributed by atoms with E-state index < -0.39 is 0 Å². The van der Waals surface area contributed by atoms with Crippen molar-refractivity contribution in [3.63, 3.8) is 0 Å². The van der Waals surface area contributed by atoms with Gasteiger partial charge in [0.15, 0.2) is 0 Å². The van der Waals surface area contributed by atoms with Crippen LogP contribution in [0.15, 0.2) is 18.3 Å². The van der Waals surface area contributed by atoms with Gasteiger partial charge < -0.3 is 0 Å². The van der Waals surface area contributed by atoms with E-state index in [1.54, 1.807) is 0 Å². The largest absolute Gasteiger partial charge is 0.299 e. The molecule has 2 saturated heterocycles. The van der Waals surface area contributed by atoms with E-state index in [1.807, 2.05) is 6.20 Å².